The van der Waals surface area contributed by atoms with Crippen LogP contribution >= 0.6 is 0 Å². The molecule has 76 valence electrons. The predicted octanol–water partition coefficient (Wildman–Crippen LogP) is 2.21. The number of nitrogens with zero attached hydrogens (tertiary/aromatic N) is 1. The quantitative estimate of drug-likeness (QED) is 0.726. The molecule has 0 aliphatic heterocycles. The summed E-state index contributed by atoms with van der Waals surface area (Å²) < 4.78 is 1.77. The standard InChI is InChI=1S/C13H13NO/c1-11-6-5-9-13(15)14(11)10-12-7-3-2-4-8-12/h2-9H,10H2,1H3. The maximum Gasteiger partial charge on any atom is 0.251 e. The van der Waals surface area contributed by atoms with Crippen molar-refractivity contribution < 1.29 is 0 Å². The molecule has 1 aromatic heterocycles. The van der Waals surface area contributed by atoms with Crippen LogP contribution in [0, 0.1) is 6.92 Å². The van der Waals surface area contributed by atoms with Crippen LogP contribution in [0.3, 0.4) is 0 Å². The van der Waals surface area contributed by atoms with Gasteiger partial charge in [-0.05, 0) is 18.6 Å². The zero-order valence-electron chi connectivity index (χ0n) is 8.68. The smallest absolute Gasteiger partial charge is 0.251 e. The molecular weight excluding hydrogens is 186 g/mol. The van der Waals surface area contributed by atoms with Gasteiger partial charge >= 0.3 is 0 Å². The molecule has 1 aromatic carbocycles. The van der Waals surface area contributed by atoms with Gasteiger partial charge in [0.15, 0.2) is 0 Å². The van der Waals surface area contributed by atoms with Gasteiger partial charge < -0.3 is 4.57 Å². The van der Waals surface area contributed by atoms with Crippen molar-refractivity contribution in [2.24, 2.45) is 0 Å². The van der Waals surface area contributed by atoms with Gasteiger partial charge in [0.25, 0.3) is 5.56 Å². The van der Waals surface area contributed by atoms with Crippen LogP contribution in [0.5, 0.6) is 0 Å². The summed E-state index contributed by atoms with van der Waals surface area (Å²) >= 11 is 0. The van der Waals surface area contributed by atoms with Crippen molar-refractivity contribution in [3.63, 3.8) is 0 Å². The molecule has 0 amide bonds. The number of aromatic nitrogens is 1. The third-order valence-electron chi connectivity index (χ3n) is 2.45. The highest BCUT2D eigenvalue weighted by Crippen LogP contribution is 2.02. The molecule has 0 bridgehead atoms. The Hall–Kier alpha value is -1.83. The zero-order valence-corrected chi connectivity index (χ0v) is 8.68. The third-order valence-corrected chi connectivity index (χ3v) is 2.45. The Morgan fingerprint density at radius 1 is 1.00 bits per heavy atom. The van der Waals surface area contributed by atoms with Gasteiger partial charge in [-0.1, -0.05) is 36.4 Å². The van der Waals surface area contributed by atoms with Crippen LogP contribution in [0.25, 0.3) is 0 Å². The minimum absolute atomic E-state index is 0.0545. The lowest BCUT2D eigenvalue weighted by molar-refractivity contribution is 0.730. The second-order valence-corrected chi connectivity index (χ2v) is 3.58. The number of pyridine rings is 1. The lowest BCUT2D eigenvalue weighted by Crippen LogP contribution is -2.21. The molecule has 0 aliphatic carbocycles. The number of benzene rings is 1. The monoisotopic (exact) mass is 199 g/mol. The summed E-state index contributed by atoms with van der Waals surface area (Å²) in [5, 5.41) is 0. The molecular formula is C13H13NO. The number of rotatable bonds is 2. The molecule has 0 N–H and O–H groups in total. The summed E-state index contributed by atoms with van der Waals surface area (Å²) in [6.45, 7) is 2.59. The van der Waals surface area contributed by atoms with E-state index in [2.05, 4.69) is 0 Å². The van der Waals surface area contributed by atoms with E-state index in [9.17, 15) is 4.79 Å². The van der Waals surface area contributed by atoms with Gasteiger partial charge in [0.05, 0.1) is 6.54 Å². The molecule has 15 heavy (non-hydrogen) atoms. The van der Waals surface area contributed by atoms with Gasteiger partial charge in [-0.15, -0.1) is 0 Å². The van der Waals surface area contributed by atoms with Crippen molar-refractivity contribution in [1.82, 2.24) is 4.57 Å². The Morgan fingerprint density at radius 3 is 2.40 bits per heavy atom. The van der Waals surface area contributed by atoms with Crippen LogP contribution < -0.4 is 5.56 Å². The molecule has 2 rings (SSSR count). The van der Waals surface area contributed by atoms with Crippen molar-refractivity contribution in [2.75, 3.05) is 0 Å². The fourth-order valence-corrected chi connectivity index (χ4v) is 1.59. The van der Waals surface area contributed by atoms with Crippen LogP contribution in [-0.4, -0.2) is 4.57 Å². The molecule has 0 saturated carbocycles. The second-order valence-electron chi connectivity index (χ2n) is 3.58. The van der Waals surface area contributed by atoms with Crippen LogP contribution in [0.15, 0.2) is 53.3 Å². The van der Waals surface area contributed by atoms with Crippen LogP contribution in [0.1, 0.15) is 11.3 Å². The minimum Gasteiger partial charge on any atom is -0.309 e. The van der Waals surface area contributed by atoms with Gasteiger partial charge in [0, 0.05) is 11.8 Å². The highest BCUT2D eigenvalue weighted by atomic mass is 16.1. The number of hydrogen-bond acceptors (Lipinski definition) is 1. The Bertz CT molecular complexity index is 499. The van der Waals surface area contributed by atoms with Crippen LogP contribution in [0.4, 0.5) is 0 Å². The van der Waals surface area contributed by atoms with E-state index in [4.69, 9.17) is 0 Å². The fourth-order valence-electron chi connectivity index (χ4n) is 1.59. The van der Waals surface area contributed by atoms with E-state index >= 15 is 0 Å². The van der Waals surface area contributed by atoms with Gasteiger partial charge in [-0.25, -0.2) is 0 Å². The summed E-state index contributed by atoms with van der Waals surface area (Å²) in [7, 11) is 0. The van der Waals surface area contributed by atoms with Crippen LogP contribution in [-0.2, 0) is 6.54 Å². The first-order chi connectivity index (χ1) is 7.27. The highest BCUT2D eigenvalue weighted by Gasteiger charge is 1.99. The molecule has 0 aliphatic rings. The van der Waals surface area contributed by atoms with Gasteiger partial charge in [0.2, 0.25) is 0 Å². The third kappa shape index (κ3) is 2.15. The molecule has 1 heterocycles. The summed E-state index contributed by atoms with van der Waals surface area (Å²) in [5.41, 5.74) is 2.19. The lowest BCUT2D eigenvalue weighted by Gasteiger charge is -2.08. The largest absolute Gasteiger partial charge is 0.309 e. The normalized spacial score (nSPS) is 10.2. The van der Waals surface area contributed by atoms with Gasteiger partial charge in [-0.2, -0.15) is 0 Å². The Balaban J connectivity index is 2.37. The molecule has 0 radical (unpaired) electrons. The summed E-state index contributed by atoms with van der Waals surface area (Å²) in [5.74, 6) is 0. The molecule has 2 nitrogen and oxygen atoms in total. The maximum atomic E-state index is 11.6. The topological polar surface area (TPSA) is 22.0 Å². The number of hydrogen-bond donors (Lipinski definition) is 0. The van der Waals surface area contributed by atoms with E-state index in [1.54, 1.807) is 16.7 Å². The second kappa shape index (κ2) is 4.13. The first-order valence-electron chi connectivity index (χ1n) is 4.98. The van der Waals surface area contributed by atoms with E-state index in [0.717, 1.165) is 11.3 Å². The Morgan fingerprint density at radius 2 is 1.73 bits per heavy atom. The van der Waals surface area contributed by atoms with Crippen LogP contribution in [0.2, 0.25) is 0 Å². The van der Waals surface area contributed by atoms with Crippen molar-refractivity contribution in [2.45, 2.75) is 13.5 Å². The van der Waals surface area contributed by atoms with E-state index in [1.165, 1.54) is 0 Å². The fraction of sp³-hybridized carbons (Fsp3) is 0.154. The van der Waals surface area contributed by atoms with Crippen molar-refractivity contribution in [1.29, 1.82) is 0 Å². The SMILES string of the molecule is Cc1cccc(=O)n1Cc1ccccc1. The molecule has 2 aromatic rings. The van der Waals surface area contributed by atoms with Crippen molar-refractivity contribution in [3.8, 4) is 0 Å². The van der Waals surface area contributed by atoms with E-state index in [-0.39, 0.29) is 5.56 Å². The summed E-state index contributed by atoms with van der Waals surface area (Å²) in [4.78, 5) is 11.6. The molecule has 0 fully saturated rings. The average Bonchev–Trinajstić information content (AvgIpc) is 2.25. The lowest BCUT2D eigenvalue weighted by atomic mass is 10.2. The Kier molecular flexibility index (Phi) is 2.68. The van der Waals surface area contributed by atoms with E-state index < -0.39 is 0 Å². The van der Waals surface area contributed by atoms with Gasteiger partial charge in [-0.3, -0.25) is 4.79 Å². The van der Waals surface area contributed by atoms with Crippen molar-refractivity contribution >= 4 is 0 Å². The van der Waals surface area contributed by atoms with E-state index in [1.807, 2.05) is 43.3 Å². The maximum absolute atomic E-state index is 11.6. The Labute approximate surface area is 88.8 Å². The number of aryl methyl sites for hydroxylation is 1. The highest BCUT2D eigenvalue weighted by molar-refractivity contribution is 5.16. The molecule has 0 atom stereocenters. The molecule has 0 spiro atoms. The summed E-state index contributed by atoms with van der Waals surface area (Å²) in [6, 6.07) is 15.3. The van der Waals surface area contributed by atoms with E-state index in [0.29, 0.717) is 6.54 Å². The van der Waals surface area contributed by atoms with Crippen molar-refractivity contribution in [3.05, 3.63) is 70.1 Å². The minimum atomic E-state index is 0.0545. The molecule has 0 saturated heterocycles. The first kappa shape index (κ1) is 9.71. The summed E-state index contributed by atoms with van der Waals surface area (Å²) in [6.07, 6.45) is 0. The first-order valence-corrected chi connectivity index (χ1v) is 4.98. The predicted molar refractivity (Wildman–Crippen MR) is 61.0 cm³/mol. The zero-order chi connectivity index (χ0) is 10.7. The average molecular weight is 199 g/mol. The van der Waals surface area contributed by atoms with Gasteiger partial charge in [0.1, 0.15) is 0 Å². The molecule has 2 heteroatoms. The molecule has 0 unspecified atom stereocenters.